The summed E-state index contributed by atoms with van der Waals surface area (Å²) >= 11 is 2.36. The number of benzene rings is 2. The maximum absolute atomic E-state index is 6.44. The summed E-state index contributed by atoms with van der Waals surface area (Å²) in [6, 6.07) is 17.4. The van der Waals surface area contributed by atoms with Crippen LogP contribution in [0.2, 0.25) is 0 Å². The topological polar surface area (TPSA) is 26.0 Å². The van der Waals surface area contributed by atoms with Crippen LogP contribution in [0.4, 0.5) is 0 Å². The Hall–Kier alpha value is -0.870. The summed E-state index contributed by atoms with van der Waals surface area (Å²) in [5, 5.41) is 0. The minimum absolute atomic E-state index is 0.0292. The second kappa shape index (κ2) is 6.93. The first-order valence-electron chi connectivity index (χ1n) is 7.85. The highest BCUT2D eigenvalue weighted by molar-refractivity contribution is 14.1. The molecule has 1 nitrogen and oxygen atoms in total. The van der Waals surface area contributed by atoms with Gasteiger partial charge in [0, 0.05) is 3.57 Å². The summed E-state index contributed by atoms with van der Waals surface area (Å²) in [4.78, 5) is 0. The smallest absolute Gasteiger partial charge is 0.0562 e. The van der Waals surface area contributed by atoms with Crippen LogP contribution in [-0.2, 0) is 0 Å². The van der Waals surface area contributed by atoms with Gasteiger partial charge >= 0.3 is 0 Å². The summed E-state index contributed by atoms with van der Waals surface area (Å²) in [7, 11) is 0. The summed E-state index contributed by atoms with van der Waals surface area (Å²) in [5.41, 5.74) is 10.4. The molecule has 1 unspecified atom stereocenters. The highest BCUT2D eigenvalue weighted by Crippen LogP contribution is 2.33. The van der Waals surface area contributed by atoms with E-state index in [4.69, 9.17) is 5.73 Å². The van der Waals surface area contributed by atoms with Crippen LogP contribution in [0.15, 0.2) is 48.5 Å². The van der Waals surface area contributed by atoms with Crippen molar-refractivity contribution >= 4 is 22.6 Å². The van der Waals surface area contributed by atoms with Crippen molar-refractivity contribution < 1.29 is 0 Å². The Labute approximate surface area is 141 Å². The van der Waals surface area contributed by atoms with Crippen LogP contribution in [0, 0.1) is 3.57 Å². The molecular formula is C19H22IN. The minimum atomic E-state index is -0.0292. The van der Waals surface area contributed by atoms with E-state index in [1.54, 1.807) is 0 Å². The molecule has 0 bridgehead atoms. The van der Waals surface area contributed by atoms with Gasteiger partial charge in [0.25, 0.3) is 0 Å². The van der Waals surface area contributed by atoms with E-state index in [9.17, 15) is 0 Å². The maximum Gasteiger partial charge on any atom is 0.0562 e. The molecule has 2 aromatic rings. The molecule has 0 heterocycles. The molecule has 1 fully saturated rings. The molecule has 2 aromatic carbocycles. The van der Waals surface area contributed by atoms with E-state index in [0.717, 1.165) is 5.92 Å². The Morgan fingerprint density at radius 1 is 0.905 bits per heavy atom. The van der Waals surface area contributed by atoms with Crippen molar-refractivity contribution in [2.45, 2.75) is 44.1 Å². The number of nitrogens with two attached hydrogens (primary N) is 1. The van der Waals surface area contributed by atoms with Crippen molar-refractivity contribution in [3.8, 4) is 0 Å². The standard InChI is InChI=1S/C19H22IN/c20-18-9-5-4-8-17(18)19(21)16-12-10-15(11-13-16)14-6-2-1-3-7-14/h4-5,8-14,19H,1-3,6-7,21H2. The quantitative estimate of drug-likeness (QED) is 0.698. The third-order valence-corrected chi connectivity index (χ3v) is 5.59. The fourth-order valence-corrected chi connectivity index (χ4v) is 4.04. The van der Waals surface area contributed by atoms with Crippen molar-refractivity contribution in [1.29, 1.82) is 0 Å². The Morgan fingerprint density at radius 3 is 2.24 bits per heavy atom. The van der Waals surface area contributed by atoms with Crippen LogP contribution in [0.1, 0.15) is 60.8 Å². The number of halogens is 1. The normalized spacial score (nSPS) is 17.6. The summed E-state index contributed by atoms with van der Waals surface area (Å²) in [6.45, 7) is 0. The second-order valence-corrected chi connectivity index (χ2v) is 7.16. The number of hydrogen-bond acceptors (Lipinski definition) is 1. The van der Waals surface area contributed by atoms with Gasteiger partial charge in [0.05, 0.1) is 6.04 Å². The van der Waals surface area contributed by atoms with Crippen LogP contribution in [0.5, 0.6) is 0 Å². The van der Waals surface area contributed by atoms with Crippen LogP contribution in [0.3, 0.4) is 0 Å². The van der Waals surface area contributed by atoms with Crippen molar-refractivity contribution in [2.24, 2.45) is 5.73 Å². The lowest BCUT2D eigenvalue weighted by Gasteiger charge is -2.22. The fourth-order valence-electron chi connectivity index (χ4n) is 3.32. The van der Waals surface area contributed by atoms with E-state index < -0.39 is 0 Å². The van der Waals surface area contributed by atoms with Gasteiger partial charge in [0.15, 0.2) is 0 Å². The Morgan fingerprint density at radius 2 is 1.57 bits per heavy atom. The molecule has 0 radical (unpaired) electrons. The van der Waals surface area contributed by atoms with Gasteiger partial charge < -0.3 is 5.73 Å². The van der Waals surface area contributed by atoms with Gasteiger partial charge in [-0.15, -0.1) is 0 Å². The van der Waals surface area contributed by atoms with Gasteiger partial charge in [0.2, 0.25) is 0 Å². The average molecular weight is 391 g/mol. The van der Waals surface area contributed by atoms with Gasteiger partial charge in [-0.05, 0) is 64.1 Å². The highest BCUT2D eigenvalue weighted by Gasteiger charge is 2.16. The van der Waals surface area contributed by atoms with Crippen molar-refractivity contribution in [3.63, 3.8) is 0 Å². The van der Waals surface area contributed by atoms with E-state index in [1.165, 1.54) is 52.4 Å². The molecule has 110 valence electrons. The largest absolute Gasteiger partial charge is 0.320 e. The third kappa shape index (κ3) is 3.49. The molecule has 0 aromatic heterocycles. The predicted octanol–water partition coefficient (Wildman–Crippen LogP) is 5.39. The molecular weight excluding hydrogens is 369 g/mol. The van der Waals surface area contributed by atoms with Gasteiger partial charge in [-0.3, -0.25) is 0 Å². The monoisotopic (exact) mass is 391 g/mol. The van der Waals surface area contributed by atoms with Crippen molar-refractivity contribution in [2.75, 3.05) is 0 Å². The third-order valence-electron chi connectivity index (χ3n) is 4.61. The van der Waals surface area contributed by atoms with Gasteiger partial charge in [-0.25, -0.2) is 0 Å². The SMILES string of the molecule is NC(c1ccc(C2CCCCC2)cc1)c1ccccc1I. The van der Waals surface area contributed by atoms with Crippen molar-refractivity contribution in [3.05, 3.63) is 68.8 Å². The molecule has 2 N–H and O–H groups in total. The van der Waals surface area contributed by atoms with Gasteiger partial charge in [0.1, 0.15) is 0 Å². The lowest BCUT2D eigenvalue weighted by molar-refractivity contribution is 0.443. The highest BCUT2D eigenvalue weighted by atomic mass is 127. The van der Waals surface area contributed by atoms with E-state index in [0.29, 0.717) is 0 Å². The van der Waals surface area contributed by atoms with Crippen LogP contribution >= 0.6 is 22.6 Å². The van der Waals surface area contributed by atoms with Crippen LogP contribution in [-0.4, -0.2) is 0 Å². The summed E-state index contributed by atoms with van der Waals surface area (Å²) < 4.78 is 1.24. The molecule has 1 saturated carbocycles. The zero-order chi connectivity index (χ0) is 14.7. The summed E-state index contributed by atoms with van der Waals surface area (Å²) in [6.07, 6.45) is 6.87. The average Bonchev–Trinajstić information content (AvgIpc) is 2.56. The van der Waals surface area contributed by atoms with E-state index in [1.807, 2.05) is 0 Å². The van der Waals surface area contributed by atoms with Crippen molar-refractivity contribution in [1.82, 2.24) is 0 Å². The summed E-state index contributed by atoms with van der Waals surface area (Å²) in [5.74, 6) is 0.765. The Bertz CT molecular complexity index is 585. The number of rotatable bonds is 3. The zero-order valence-corrected chi connectivity index (χ0v) is 14.4. The first kappa shape index (κ1) is 15.0. The molecule has 21 heavy (non-hydrogen) atoms. The molecule has 0 amide bonds. The lowest BCUT2D eigenvalue weighted by atomic mass is 9.83. The van der Waals surface area contributed by atoms with Gasteiger partial charge in [-0.1, -0.05) is 61.7 Å². The molecule has 2 heteroatoms. The first-order valence-corrected chi connectivity index (χ1v) is 8.93. The Balaban J connectivity index is 1.79. The Kier molecular flexibility index (Phi) is 4.96. The first-order chi connectivity index (χ1) is 10.3. The molecule has 1 aliphatic rings. The second-order valence-electron chi connectivity index (χ2n) is 6.00. The predicted molar refractivity (Wildman–Crippen MR) is 97.5 cm³/mol. The molecule has 0 spiro atoms. The molecule has 1 atom stereocenters. The molecule has 1 aliphatic carbocycles. The van der Waals surface area contributed by atoms with Gasteiger partial charge in [-0.2, -0.15) is 0 Å². The van der Waals surface area contributed by atoms with Crippen LogP contribution < -0.4 is 5.73 Å². The number of hydrogen-bond donors (Lipinski definition) is 1. The minimum Gasteiger partial charge on any atom is -0.320 e. The fraction of sp³-hybridized carbons (Fsp3) is 0.368. The molecule has 0 saturated heterocycles. The van der Waals surface area contributed by atoms with Crippen LogP contribution in [0.25, 0.3) is 0 Å². The lowest BCUT2D eigenvalue weighted by Crippen LogP contribution is -2.13. The molecule has 3 rings (SSSR count). The van der Waals surface area contributed by atoms with E-state index in [-0.39, 0.29) is 6.04 Å². The van der Waals surface area contributed by atoms with E-state index in [2.05, 4.69) is 71.1 Å². The molecule has 0 aliphatic heterocycles. The van der Waals surface area contributed by atoms with E-state index >= 15 is 0 Å². The maximum atomic E-state index is 6.44. The zero-order valence-electron chi connectivity index (χ0n) is 12.3.